The number of hydrogen-bond donors (Lipinski definition) is 1. The molecule has 4 nitrogen and oxygen atoms in total. The second kappa shape index (κ2) is 4.37. The monoisotopic (exact) mass is 220 g/mol. The van der Waals surface area contributed by atoms with E-state index in [0.29, 0.717) is 0 Å². The molecule has 0 amide bonds. The van der Waals surface area contributed by atoms with Gasteiger partial charge in [0, 0.05) is 37.7 Å². The quantitative estimate of drug-likeness (QED) is 0.735. The predicted molar refractivity (Wildman–Crippen MR) is 64.0 cm³/mol. The molecule has 1 N–H and O–H groups in total. The summed E-state index contributed by atoms with van der Waals surface area (Å²) < 4.78 is 1.74. The van der Waals surface area contributed by atoms with Gasteiger partial charge >= 0.3 is 0 Å². The first-order chi connectivity index (χ1) is 7.61. The van der Waals surface area contributed by atoms with E-state index >= 15 is 0 Å². The van der Waals surface area contributed by atoms with Crippen LogP contribution in [0.1, 0.15) is 25.5 Å². The molecule has 0 radical (unpaired) electrons. The van der Waals surface area contributed by atoms with Crippen LogP contribution in [0.2, 0.25) is 0 Å². The number of hydrogen-bond acceptors (Lipinski definition) is 3. The van der Waals surface area contributed by atoms with E-state index in [-0.39, 0.29) is 5.41 Å². The molecule has 1 aliphatic rings. The summed E-state index contributed by atoms with van der Waals surface area (Å²) in [6.45, 7) is 7.12. The van der Waals surface area contributed by atoms with Crippen LogP contribution in [0.3, 0.4) is 0 Å². The van der Waals surface area contributed by atoms with Gasteiger partial charge in [0.1, 0.15) is 0 Å². The molecule has 1 aromatic heterocycles. The Morgan fingerprint density at radius 3 is 2.94 bits per heavy atom. The van der Waals surface area contributed by atoms with E-state index in [9.17, 15) is 0 Å². The first-order valence-corrected chi connectivity index (χ1v) is 5.83. The number of rotatable bonds is 6. The van der Waals surface area contributed by atoms with Crippen molar-refractivity contribution in [3.8, 4) is 0 Å². The maximum absolute atomic E-state index is 4.13. The maximum atomic E-state index is 4.13. The van der Waals surface area contributed by atoms with Gasteiger partial charge in [0.25, 0.3) is 0 Å². The van der Waals surface area contributed by atoms with E-state index in [1.807, 2.05) is 19.3 Å². The average Bonchev–Trinajstić information content (AvgIpc) is 3.01. The number of aromatic nitrogens is 3. The van der Waals surface area contributed by atoms with Crippen molar-refractivity contribution < 1.29 is 0 Å². The first-order valence-electron chi connectivity index (χ1n) is 5.83. The molecule has 1 aliphatic carbocycles. The highest BCUT2D eigenvalue weighted by atomic mass is 15.4. The van der Waals surface area contributed by atoms with Crippen molar-refractivity contribution in [2.75, 3.05) is 6.54 Å². The van der Waals surface area contributed by atoms with Crippen LogP contribution in [0.15, 0.2) is 18.9 Å². The lowest BCUT2D eigenvalue weighted by Crippen LogP contribution is -2.33. The van der Waals surface area contributed by atoms with Gasteiger partial charge in [-0.25, -0.2) is 0 Å². The van der Waals surface area contributed by atoms with Crippen LogP contribution in [0.25, 0.3) is 0 Å². The molecule has 1 saturated carbocycles. The highest BCUT2D eigenvalue weighted by Gasteiger charge is 2.27. The highest BCUT2D eigenvalue weighted by molar-refractivity contribution is 5.05. The van der Waals surface area contributed by atoms with Crippen molar-refractivity contribution in [2.24, 2.45) is 12.5 Å². The Labute approximate surface area is 96.7 Å². The van der Waals surface area contributed by atoms with Crippen molar-refractivity contribution in [3.05, 3.63) is 24.5 Å². The van der Waals surface area contributed by atoms with E-state index in [2.05, 4.69) is 29.1 Å². The topological polar surface area (TPSA) is 42.7 Å². The van der Waals surface area contributed by atoms with Crippen LogP contribution in [-0.2, 0) is 13.5 Å². The third kappa shape index (κ3) is 2.92. The van der Waals surface area contributed by atoms with Gasteiger partial charge in [0.2, 0.25) is 0 Å². The second-order valence-corrected chi connectivity index (χ2v) is 5.07. The van der Waals surface area contributed by atoms with Crippen molar-refractivity contribution >= 4 is 0 Å². The lowest BCUT2D eigenvalue weighted by Gasteiger charge is -2.25. The Balaban J connectivity index is 1.93. The summed E-state index contributed by atoms with van der Waals surface area (Å²) in [6.07, 6.45) is 7.52. The number of aryl methyl sites for hydroxylation is 1. The molecule has 1 fully saturated rings. The molecule has 1 atom stereocenters. The van der Waals surface area contributed by atoms with Crippen LogP contribution in [0.4, 0.5) is 0 Å². The number of nitrogens with zero attached hydrogens (tertiary/aromatic N) is 3. The largest absolute Gasteiger partial charge is 0.313 e. The number of nitrogens with one attached hydrogen (secondary N) is 1. The minimum absolute atomic E-state index is 0.0681. The zero-order chi connectivity index (χ0) is 11.6. The van der Waals surface area contributed by atoms with Gasteiger partial charge in [-0.05, 0) is 12.8 Å². The summed E-state index contributed by atoms with van der Waals surface area (Å²) in [6, 6.07) is 0.737. The summed E-state index contributed by atoms with van der Waals surface area (Å²) in [4.78, 5) is 0. The normalized spacial score (nSPS) is 19.4. The molecule has 2 rings (SSSR count). The maximum Gasteiger partial charge on any atom is 0.0836 e. The van der Waals surface area contributed by atoms with Gasteiger partial charge in [-0.1, -0.05) is 18.2 Å². The fraction of sp³-hybridized carbons (Fsp3) is 0.667. The Hall–Kier alpha value is -1.16. The zero-order valence-corrected chi connectivity index (χ0v) is 10.1. The van der Waals surface area contributed by atoms with Gasteiger partial charge < -0.3 is 5.32 Å². The van der Waals surface area contributed by atoms with Crippen LogP contribution in [-0.4, -0.2) is 27.6 Å². The summed E-state index contributed by atoms with van der Waals surface area (Å²) in [5, 5.41) is 11.6. The molecule has 88 valence electrons. The molecule has 0 aliphatic heterocycles. The van der Waals surface area contributed by atoms with Gasteiger partial charge in [0.15, 0.2) is 0 Å². The van der Waals surface area contributed by atoms with Gasteiger partial charge in [-0.3, -0.25) is 4.68 Å². The Morgan fingerprint density at radius 1 is 1.69 bits per heavy atom. The van der Waals surface area contributed by atoms with Gasteiger partial charge in [-0.2, -0.15) is 0 Å². The molecule has 1 aromatic rings. The van der Waals surface area contributed by atoms with Crippen LogP contribution < -0.4 is 5.32 Å². The van der Waals surface area contributed by atoms with Crippen LogP contribution in [0.5, 0.6) is 0 Å². The summed E-state index contributed by atoms with van der Waals surface area (Å²) >= 11 is 0. The van der Waals surface area contributed by atoms with Crippen molar-refractivity contribution in [2.45, 2.75) is 32.2 Å². The van der Waals surface area contributed by atoms with E-state index in [0.717, 1.165) is 24.7 Å². The second-order valence-electron chi connectivity index (χ2n) is 5.07. The lowest BCUT2D eigenvalue weighted by molar-refractivity contribution is 0.385. The van der Waals surface area contributed by atoms with Crippen molar-refractivity contribution in [1.82, 2.24) is 20.3 Å². The molecule has 0 bridgehead atoms. The van der Waals surface area contributed by atoms with E-state index in [4.69, 9.17) is 0 Å². The smallest absolute Gasteiger partial charge is 0.0836 e. The van der Waals surface area contributed by atoms with Gasteiger partial charge in [0.05, 0.1) is 5.69 Å². The fourth-order valence-electron chi connectivity index (χ4n) is 1.76. The van der Waals surface area contributed by atoms with E-state index in [1.54, 1.807) is 4.68 Å². The Kier molecular flexibility index (Phi) is 3.10. The van der Waals surface area contributed by atoms with Crippen molar-refractivity contribution in [3.63, 3.8) is 0 Å². The fourth-order valence-corrected chi connectivity index (χ4v) is 1.76. The molecule has 0 aromatic carbocycles. The predicted octanol–water partition coefficient (Wildman–Crippen LogP) is 1.30. The van der Waals surface area contributed by atoms with Gasteiger partial charge in [-0.15, -0.1) is 11.7 Å². The van der Waals surface area contributed by atoms with E-state index in [1.165, 1.54) is 12.8 Å². The average molecular weight is 220 g/mol. The minimum Gasteiger partial charge on any atom is -0.313 e. The molecule has 16 heavy (non-hydrogen) atoms. The van der Waals surface area contributed by atoms with E-state index < -0.39 is 0 Å². The first kappa shape index (κ1) is 11.3. The summed E-state index contributed by atoms with van der Waals surface area (Å²) in [5.74, 6) is 0. The van der Waals surface area contributed by atoms with Crippen LogP contribution in [0, 0.1) is 5.41 Å². The van der Waals surface area contributed by atoms with Crippen molar-refractivity contribution in [1.29, 1.82) is 0 Å². The molecule has 1 unspecified atom stereocenters. The molecular weight excluding hydrogens is 200 g/mol. The molecule has 1 heterocycles. The lowest BCUT2D eigenvalue weighted by atomic mass is 9.85. The summed E-state index contributed by atoms with van der Waals surface area (Å²) in [5.41, 5.74) is 1.10. The third-order valence-electron chi connectivity index (χ3n) is 3.10. The third-order valence-corrected chi connectivity index (χ3v) is 3.10. The Bertz CT molecular complexity index is 367. The molecular formula is C12H20N4. The summed E-state index contributed by atoms with van der Waals surface area (Å²) in [7, 11) is 1.89. The molecule has 0 spiro atoms. The van der Waals surface area contributed by atoms with Crippen LogP contribution >= 0.6 is 0 Å². The standard InChI is InChI=1S/C12H20N4/c1-4-12(2,9-13-10-5-6-10)7-11-8-16(3)15-14-11/h4,8,10,13H,1,5-7,9H2,2-3H3. The minimum atomic E-state index is 0.0681. The SMILES string of the molecule is C=CC(C)(CNC1CC1)Cc1cn(C)nn1. The Morgan fingerprint density at radius 2 is 2.44 bits per heavy atom. The zero-order valence-electron chi connectivity index (χ0n) is 10.1. The highest BCUT2D eigenvalue weighted by Crippen LogP contribution is 2.25. The molecule has 0 saturated heterocycles. The molecule has 4 heteroatoms.